The van der Waals surface area contributed by atoms with Gasteiger partial charge in [-0.1, -0.05) is 35.5 Å². The molecule has 1 aliphatic rings. The third-order valence-corrected chi connectivity index (χ3v) is 4.34. The lowest BCUT2D eigenvalue weighted by molar-refractivity contribution is -0.133. The zero-order valence-electron chi connectivity index (χ0n) is 16.6. The first-order valence-corrected chi connectivity index (χ1v) is 9.45. The molecule has 1 aliphatic heterocycles. The first kappa shape index (κ1) is 19.9. The van der Waals surface area contributed by atoms with Crippen molar-refractivity contribution in [2.75, 3.05) is 26.2 Å². The lowest BCUT2D eigenvalue weighted by atomic mass is 10.2. The third-order valence-electron chi connectivity index (χ3n) is 4.34. The fraction of sp³-hybridized carbons (Fsp3) is 0.500. The maximum atomic E-state index is 12.5. The molecule has 150 valence electrons. The van der Waals surface area contributed by atoms with Crippen LogP contribution in [0.5, 0.6) is 0 Å². The third kappa shape index (κ3) is 5.31. The maximum Gasteiger partial charge on any atom is 0.410 e. The molecule has 1 aromatic heterocycles. The van der Waals surface area contributed by atoms with Gasteiger partial charge in [0.25, 0.3) is 0 Å². The van der Waals surface area contributed by atoms with Crippen LogP contribution in [0.4, 0.5) is 4.79 Å². The van der Waals surface area contributed by atoms with E-state index in [-0.39, 0.29) is 12.0 Å². The minimum absolute atomic E-state index is 0.0169. The molecule has 1 aromatic carbocycles. The van der Waals surface area contributed by atoms with E-state index in [0.29, 0.717) is 50.7 Å². The van der Waals surface area contributed by atoms with Crippen LogP contribution < -0.4 is 0 Å². The number of aromatic nitrogens is 2. The van der Waals surface area contributed by atoms with E-state index in [1.54, 1.807) is 9.80 Å². The molecule has 2 heterocycles. The number of benzene rings is 1. The summed E-state index contributed by atoms with van der Waals surface area (Å²) in [5.74, 6) is 0.983. The van der Waals surface area contributed by atoms with Crippen molar-refractivity contribution in [1.82, 2.24) is 19.9 Å². The Hall–Kier alpha value is -2.90. The topological polar surface area (TPSA) is 88.8 Å². The molecule has 0 unspecified atom stereocenters. The molecule has 8 nitrogen and oxygen atoms in total. The minimum atomic E-state index is -0.521. The summed E-state index contributed by atoms with van der Waals surface area (Å²) in [5.41, 5.74) is 0.356. The summed E-state index contributed by atoms with van der Waals surface area (Å²) in [6.45, 7) is 7.45. The Kier molecular flexibility index (Phi) is 5.96. The second-order valence-corrected chi connectivity index (χ2v) is 7.73. The summed E-state index contributed by atoms with van der Waals surface area (Å²) in [6, 6.07) is 9.55. The molecule has 0 saturated carbocycles. The van der Waals surface area contributed by atoms with Gasteiger partial charge in [-0.25, -0.2) is 4.79 Å². The van der Waals surface area contributed by atoms with Gasteiger partial charge >= 0.3 is 6.09 Å². The summed E-state index contributed by atoms with van der Waals surface area (Å²) in [4.78, 5) is 32.3. The normalized spacial score (nSPS) is 14.8. The lowest BCUT2D eigenvalue weighted by Gasteiger charge is -2.35. The molecular weight excluding hydrogens is 360 g/mol. The van der Waals surface area contributed by atoms with Crippen LogP contribution in [-0.4, -0.2) is 63.7 Å². The van der Waals surface area contributed by atoms with Crippen molar-refractivity contribution in [2.45, 2.75) is 39.2 Å². The number of hydrogen-bond donors (Lipinski definition) is 0. The van der Waals surface area contributed by atoms with E-state index in [2.05, 4.69) is 10.1 Å². The summed E-state index contributed by atoms with van der Waals surface area (Å²) < 4.78 is 10.6. The Labute approximate surface area is 164 Å². The fourth-order valence-electron chi connectivity index (χ4n) is 2.90. The van der Waals surface area contributed by atoms with Crippen LogP contribution >= 0.6 is 0 Å². The summed E-state index contributed by atoms with van der Waals surface area (Å²) >= 11 is 0. The van der Waals surface area contributed by atoms with Crippen molar-refractivity contribution >= 4 is 12.0 Å². The Balaban J connectivity index is 1.45. The van der Waals surface area contributed by atoms with Gasteiger partial charge in [0.05, 0.1) is 0 Å². The van der Waals surface area contributed by atoms with Crippen LogP contribution in [0.15, 0.2) is 34.9 Å². The molecule has 0 radical (unpaired) electrons. The predicted octanol–water partition coefficient (Wildman–Crippen LogP) is 2.75. The molecular formula is C20H26N4O4. The van der Waals surface area contributed by atoms with Crippen molar-refractivity contribution in [3.63, 3.8) is 0 Å². The lowest BCUT2D eigenvalue weighted by Crippen LogP contribution is -2.51. The van der Waals surface area contributed by atoms with Crippen LogP contribution in [0.1, 0.15) is 33.1 Å². The second kappa shape index (κ2) is 8.41. The van der Waals surface area contributed by atoms with Crippen LogP contribution in [0, 0.1) is 0 Å². The van der Waals surface area contributed by atoms with Crippen LogP contribution in [0.3, 0.4) is 0 Å². The van der Waals surface area contributed by atoms with E-state index < -0.39 is 5.60 Å². The largest absolute Gasteiger partial charge is 0.444 e. The van der Waals surface area contributed by atoms with E-state index in [1.165, 1.54) is 0 Å². The van der Waals surface area contributed by atoms with Gasteiger partial charge in [0.2, 0.25) is 17.6 Å². The number of piperazine rings is 1. The summed E-state index contributed by atoms with van der Waals surface area (Å²) in [7, 11) is 0. The van der Waals surface area contributed by atoms with Gasteiger partial charge in [-0.05, 0) is 20.8 Å². The number of carbonyl (C=O) groups excluding carboxylic acids is 2. The smallest absolute Gasteiger partial charge is 0.410 e. The van der Waals surface area contributed by atoms with E-state index in [4.69, 9.17) is 9.26 Å². The molecule has 1 saturated heterocycles. The van der Waals surface area contributed by atoms with Crippen LogP contribution in [0.2, 0.25) is 0 Å². The Bertz CT molecular complexity index is 805. The predicted molar refractivity (Wildman–Crippen MR) is 102 cm³/mol. The molecule has 3 rings (SSSR count). The number of ether oxygens (including phenoxy) is 1. The van der Waals surface area contributed by atoms with E-state index >= 15 is 0 Å². The standard InChI is InChI=1S/C20H26N4O4/c1-20(2,3)27-19(26)24-13-11-23(12-14-24)17(25)10-9-16-21-18(22-28-16)15-7-5-4-6-8-15/h4-8H,9-14H2,1-3H3. The highest BCUT2D eigenvalue weighted by molar-refractivity contribution is 5.77. The quantitative estimate of drug-likeness (QED) is 0.803. The van der Waals surface area contributed by atoms with Crippen LogP contribution in [-0.2, 0) is 16.0 Å². The van der Waals surface area contributed by atoms with Gasteiger partial charge in [0.15, 0.2) is 0 Å². The number of carbonyl (C=O) groups is 2. The molecule has 0 aliphatic carbocycles. The van der Waals surface area contributed by atoms with Crippen molar-refractivity contribution in [1.29, 1.82) is 0 Å². The summed E-state index contributed by atoms with van der Waals surface area (Å²) in [6.07, 6.45) is 0.354. The van der Waals surface area contributed by atoms with Gasteiger partial charge in [-0.3, -0.25) is 4.79 Å². The SMILES string of the molecule is CC(C)(C)OC(=O)N1CCN(C(=O)CCc2nc(-c3ccccc3)no2)CC1. The van der Waals surface area contributed by atoms with Gasteiger partial charge in [0.1, 0.15) is 5.60 Å². The first-order valence-electron chi connectivity index (χ1n) is 9.45. The van der Waals surface area contributed by atoms with Gasteiger partial charge < -0.3 is 19.1 Å². The summed E-state index contributed by atoms with van der Waals surface area (Å²) in [5, 5.41) is 3.97. The molecule has 2 aromatic rings. The van der Waals surface area contributed by atoms with Crippen molar-refractivity contribution in [3.8, 4) is 11.4 Å². The Morgan fingerprint density at radius 2 is 1.71 bits per heavy atom. The molecule has 0 atom stereocenters. The van der Waals surface area contributed by atoms with E-state index in [1.807, 2.05) is 51.1 Å². The maximum absolute atomic E-state index is 12.5. The van der Waals surface area contributed by atoms with Crippen LogP contribution in [0.25, 0.3) is 11.4 Å². The molecule has 0 bridgehead atoms. The molecule has 0 N–H and O–H groups in total. The highest BCUT2D eigenvalue weighted by Gasteiger charge is 2.27. The molecule has 2 amide bonds. The average molecular weight is 386 g/mol. The average Bonchev–Trinajstić information content (AvgIpc) is 3.15. The number of rotatable bonds is 4. The minimum Gasteiger partial charge on any atom is -0.444 e. The number of nitrogens with zero attached hydrogens (tertiary/aromatic N) is 4. The molecule has 8 heteroatoms. The van der Waals surface area contributed by atoms with Gasteiger partial charge in [0, 0.05) is 44.6 Å². The number of amides is 2. The number of hydrogen-bond acceptors (Lipinski definition) is 6. The Morgan fingerprint density at radius 3 is 2.36 bits per heavy atom. The van der Waals surface area contributed by atoms with E-state index in [9.17, 15) is 9.59 Å². The van der Waals surface area contributed by atoms with E-state index in [0.717, 1.165) is 5.56 Å². The van der Waals surface area contributed by atoms with Crippen molar-refractivity contribution in [3.05, 3.63) is 36.2 Å². The van der Waals surface area contributed by atoms with Crippen molar-refractivity contribution in [2.24, 2.45) is 0 Å². The molecule has 1 fully saturated rings. The molecule has 28 heavy (non-hydrogen) atoms. The zero-order chi connectivity index (χ0) is 20.1. The first-order chi connectivity index (χ1) is 13.3. The highest BCUT2D eigenvalue weighted by Crippen LogP contribution is 2.16. The highest BCUT2D eigenvalue weighted by atomic mass is 16.6. The zero-order valence-corrected chi connectivity index (χ0v) is 16.6. The van der Waals surface area contributed by atoms with Gasteiger partial charge in [-0.2, -0.15) is 4.98 Å². The molecule has 0 spiro atoms. The Morgan fingerprint density at radius 1 is 1.07 bits per heavy atom. The fourth-order valence-corrected chi connectivity index (χ4v) is 2.90. The monoisotopic (exact) mass is 386 g/mol. The number of aryl methyl sites for hydroxylation is 1. The second-order valence-electron chi connectivity index (χ2n) is 7.73. The van der Waals surface area contributed by atoms with Crippen molar-refractivity contribution < 1.29 is 18.8 Å². The van der Waals surface area contributed by atoms with Gasteiger partial charge in [-0.15, -0.1) is 0 Å².